The standard InChI is InChI=1S/C6H11NO2/c1-4(2)7-5(3)6(8)9/h5,7H,1H2,2-3H3,(H,8,9)/t5-/m1/s1. The molecule has 1 atom stereocenters. The molecule has 3 heteroatoms. The van der Waals surface area contributed by atoms with E-state index in [-0.39, 0.29) is 0 Å². The van der Waals surface area contributed by atoms with Crippen LogP contribution in [0.5, 0.6) is 0 Å². The highest BCUT2D eigenvalue weighted by molar-refractivity contribution is 5.73. The van der Waals surface area contributed by atoms with Gasteiger partial charge in [-0.3, -0.25) is 4.79 Å². The highest BCUT2D eigenvalue weighted by atomic mass is 16.4. The first-order valence-corrected chi connectivity index (χ1v) is 2.69. The minimum atomic E-state index is -0.863. The fourth-order valence-corrected chi connectivity index (χ4v) is 0.431. The van der Waals surface area contributed by atoms with Crippen LogP contribution in [0.4, 0.5) is 0 Å². The Morgan fingerprint density at radius 2 is 2.22 bits per heavy atom. The molecule has 0 aliphatic carbocycles. The average molecular weight is 129 g/mol. The second kappa shape index (κ2) is 3.12. The number of carboxylic acid groups (broad SMARTS) is 1. The molecule has 0 saturated heterocycles. The van der Waals surface area contributed by atoms with E-state index in [4.69, 9.17) is 5.11 Å². The van der Waals surface area contributed by atoms with E-state index in [0.29, 0.717) is 5.70 Å². The van der Waals surface area contributed by atoms with Gasteiger partial charge in [-0.15, -0.1) is 0 Å². The minimum Gasteiger partial charge on any atom is -0.480 e. The van der Waals surface area contributed by atoms with Crippen LogP contribution in [0.25, 0.3) is 0 Å². The smallest absolute Gasteiger partial charge is 0.325 e. The van der Waals surface area contributed by atoms with Gasteiger partial charge in [0.25, 0.3) is 0 Å². The van der Waals surface area contributed by atoms with E-state index < -0.39 is 12.0 Å². The minimum absolute atomic E-state index is 0.539. The molecule has 0 aromatic rings. The largest absolute Gasteiger partial charge is 0.480 e. The Bertz CT molecular complexity index is 131. The first-order valence-electron chi connectivity index (χ1n) is 2.69. The Balaban J connectivity index is 3.63. The summed E-state index contributed by atoms with van der Waals surface area (Å²) in [7, 11) is 0. The predicted octanol–water partition coefficient (Wildman–Crippen LogP) is 0.583. The molecule has 2 N–H and O–H groups in total. The molecule has 0 aromatic heterocycles. The normalized spacial score (nSPS) is 12.2. The van der Waals surface area contributed by atoms with Gasteiger partial charge < -0.3 is 10.4 Å². The number of nitrogens with one attached hydrogen (secondary N) is 1. The van der Waals surface area contributed by atoms with Crippen molar-refractivity contribution < 1.29 is 9.90 Å². The summed E-state index contributed by atoms with van der Waals surface area (Å²) < 4.78 is 0. The Hall–Kier alpha value is -0.990. The summed E-state index contributed by atoms with van der Waals surface area (Å²) in [6.45, 7) is 6.79. The SMILES string of the molecule is C=C(C)N[C@H](C)C(=O)O. The lowest BCUT2D eigenvalue weighted by Crippen LogP contribution is -2.31. The number of carboxylic acids is 1. The summed E-state index contributed by atoms with van der Waals surface area (Å²) >= 11 is 0. The third kappa shape index (κ3) is 3.58. The molecule has 0 fully saturated rings. The summed E-state index contributed by atoms with van der Waals surface area (Å²) in [6, 6.07) is -0.539. The van der Waals surface area contributed by atoms with Crippen LogP contribution < -0.4 is 5.32 Å². The van der Waals surface area contributed by atoms with Gasteiger partial charge in [0.1, 0.15) is 6.04 Å². The molecule has 0 aliphatic heterocycles. The molecule has 0 heterocycles. The zero-order valence-corrected chi connectivity index (χ0v) is 5.64. The average Bonchev–Trinajstić information content (AvgIpc) is 1.63. The number of aliphatic carboxylic acids is 1. The summed E-state index contributed by atoms with van der Waals surface area (Å²) in [6.07, 6.45) is 0. The van der Waals surface area contributed by atoms with Crippen LogP contribution in [0.1, 0.15) is 13.8 Å². The molecule has 9 heavy (non-hydrogen) atoms. The van der Waals surface area contributed by atoms with Gasteiger partial charge >= 0.3 is 5.97 Å². The summed E-state index contributed by atoms with van der Waals surface area (Å²) in [5.41, 5.74) is 0.671. The van der Waals surface area contributed by atoms with Crippen LogP contribution in [0.15, 0.2) is 12.3 Å². The molecule has 0 aromatic carbocycles. The summed E-state index contributed by atoms with van der Waals surface area (Å²) in [4.78, 5) is 10.1. The second-order valence-electron chi connectivity index (χ2n) is 1.98. The van der Waals surface area contributed by atoms with Crippen molar-refractivity contribution in [1.82, 2.24) is 5.32 Å². The van der Waals surface area contributed by atoms with Crippen LogP contribution in [0.2, 0.25) is 0 Å². The second-order valence-corrected chi connectivity index (χ2v) is 1.98. The lowest BCUT2D eigenvalue weighted by atomic mass is 10.3. The highest BCUT2D eigenvalue weighted by Gasteiger charge is 2.07. The lowest BCUT2D eigenvalue weighted by Gasteiger charge is -2.08. The van der Waals surface area contributed by atoms with Crippen LogP contribution in [-0.2, 0) is 4.79 Å². The van der Waals surface area contributed by atoms with Gasteiger partial charge in [-0.05, 0) is 13.8 Å². The topological polar surface area (TPSA) is 49.3 Å². The van der Waals surface area contributed by atoms with Crippen LogP contribution in [0.3, 0.4) is 0 Å². The fourth-order valence-electron chi connectivity index (χ4n) is 0.431. The fraction of sp³-hybridized carbons (Fsp3) is 0.500. The van der Waals surface area contributed by atoms with Crippen molar-refractivity contribution in [3.05, 3.63) is 12.3 Å². The van der Waals surface area contributed by atoms with E-state index in [1.165, 1.54) is 0 Å². The van der Waals surface area contributed by atoms with Gasteiger partial charge in [0.15, 0.2) is 0 Å². The van der Waals surface area contributed by atoms with E-state index in [1.54, 1.807) is 13.8 Å². The first kappa shape index (κ1) is 8.01. The van der Waals surface area contributed by atoms with Gasteiger partial charge in [-0.2, -0.15) is 0 Å². The zero-order chi connectivity index (χ0) is 7.44. The van der Waals surface area contributed by atoms with Crippen LogP contribution in [0, 0.1) is 0 Å². The van der Waals surface area contributed by atoms with Gasteiger partial charge in [0.05, 0.1) is 0 Å². The van der Waals surface area contributed by atoms with Gasteiger partial charge in [-0.1, -0.05) is 6.58 Å². The molecule has 0 bridgehead atoms. The van der Waals surface area contributed by atoms with Crippen molar-refractivity contribution in [1.29, 1.82) is 0 Å². The summed E-state index contributed by atoms with van der Waals surface area (Å²) in [5, 5.41) is 11.0. The van der Waals surface area contributed by atoms with E-state index in [2.05, 4.69) is 11.9 Å². The van der Waals surface area contributed by atoms with Crippen molar-refractivity contribution in [3.8, 4) is 0 Å². The number of hydrogen-bond acceptors (Lipinski definition) is 2. The molecule has 0 spiro atoms. The maximum atomic E-state index is 10.1. The van der Waals surface area contributed by atoms with Gasteiger partial charge in [0, 0.05) is 5.70 Å². The Morgan fingerprint density at radius 3 is 2.33 bits per heavy atom. The third-order valence-corrected chi connectivity index (χ3v) is 0.833. The molecule has 0 amide bonds. The van der Waals surface area contributed by atoms with Gasteiger partial charge in [0.2, 0.25) is 0 Å². The first-order chi connectivity index (χ1) is 4.04. The van der Waals surface area contributed by atoms with E-state index in [0.717, 1.165) is 0 Å². The highest BCUT2D eigenvalue weighted by Crippen LogP contribution is 1.85. The molecule has 3 nitrogen and oxygen atoms in total. The number of allylic oxidation sites excluding steroid dienone is 1. The van der Waals surface area contributed by atoms with Crippen LogP contribution >= 0.6 is 0 Å². The maximum Gasteiger partial charge on any atom is 0.325 e. The number of hydrogen-bond donors (Lipinski definition) is 2. The van der Waals surface area contributed by atoms with E-state index in [1.807, 2.05) is 0 Å². The van der Waals surface area contributed by atoms with Gasteiger partial charge in [-0.25, -0.2) is 0 Å². The van der Waals surface area contributed by atoms with Crippen molar-refractivity contribution in [2.24, 2.45) is 0 Å². The molecule has 0 radical (unpaired) electrons. The molecule has 0 unspecified atom stereocenters. The number of carbonyl (C=O) groups is 1. The Labute approximate surface area is 54.4 Å². The summed E-state index contributed by atoms with van der Waals surface area (Å²) in [5.74, 6) is -0.863. The van der Waals surface area contributed by atoms with Crippen LogP contribution in [-0.4, -0.2) is 17.1 Å². The Kier molecular flexibility index (Phi) is 2.78. The van der Waals surface area contributed by atoms with Crippen molar-refractivity contribution in [3.63, 3.8) is 0 Å². The molecular formula is C6H11NO2. The quantitative estimate of drug-likeness (QED) is 0.586. The lowest BCUT2D eigenvalue weighted by molar-refractivity contribution is -0.138. The molecule has 0 saturated carbocycles. The maximum absolute atomic E-state index is 10.1. The number of rotatable bonds is 3. The molecule has 52 valence electrons. The molecule has 0 aliphatic rings. The van der Waals surface area contributed by atoms with Crippen molar-refractivity contribution in [2.75, 3.05) is 0 Å². The van der Waals surface area contributed by atoms with Crippen molar-refractivity contribution >= 4 is 5.97 Å². The van der Waals surface area contributed by atoms with E-state index in [9.17, 15) is 4.79 Å². The van der Waals surface area contributed by atoms with E-state index >= 15 is 0 Å². The molecular weight excluding hydrogens is 118 g/mol. The zero-order valence-electron chi connectivity index (χ0n) is 5.64. The predicted molar refractivity (Wildman–Crippen MR) is 35.0 cm³/mol. The third-order valence-electron chi connectivity index (χ3n) is 0.833. The van der Waals surface area contributed by atoms with Crippen molar-refractivity contribution in [2.45, 2.75) is 19.9 Å². The monoisotopic (exact) mass is 129 g/mol. The molecule has 0 rings (SSSR count). The Morgan fingerprint density at radius 1 is 1.78 bits per heavy atom.